The molecule has 0 saturated carbocycles. The van der Waals surface area contributed by atoms with Crippen molar-refractivity contribution in [3.05, 3.63) is 52.0 Å². The first-order chi connectivity index (χ1) is 11.6. The maximum atomic E-state index is 12.1. The number of rotatable bonds is 5. The summed E-state index contributed by atoms with van der Waals surface area (Å²) in [5, 5.41) is 4.76. The molecule has 2 unspecified atom stereocenters. The molecule has 0 radical (unpaired) electrons. The highest BCUT2D eigenvalue weighted by atomic mass is 32.1. The van der Waals surface area contributed by atoms with Crippen LogP contribution in [0.2, 0.25) is 0 Å². The Morgan fingerprint density at radius 1 is 1.25 bits per heavy atom. The first kappa shape index (κ1) is 17.1. The molecule has 1 N–H and O–H groups in total. The molecule has 1 aliphatic heterocycles. The van der Waals surface area contributed by atoms with Crippen molar-refractivity contribution in [2.75, 3.05) is 13.1 Å². The number of hydrogen-bond acceptors (Lipinski definition) is 4. The van der Waals surface area contributed by atoms with Crippen LogP contribution in [0.15, 0.2) is 35.2 Å². The third-order valence-electron chi connectivity index (χ3n) is 4.56. The van der Waals surface area contributed by atoms with Gasteiger partial charge in [-0.05, 0) is 29.4 Å². The van der Waals surface area contributed by atoms with Gasteiger partial charge < -0.3 is 5.32 Å². The van der Waals surface area contributed by atoms with Gasteiger partial charge in [-0.25, -0.2) is 4.98 Å². The van der Waals surface area contributed by atoms with E-state index in [1.54, 1.807) is 10.9 Å². The summed E-state index contributed by atoms with van der Waals surface area (Å²) in [6.07, 6.45) is 1.32. The van der Waals surface area contributed by atoms with E-state index in [0.29, 0.717) is 12.2 Å². The SMILES string of the molecule is CC1CC(C)CN(Cc2ccccc2CNC(=O)c2cscn2)C1. The van der Waals surface area contributed by atoms with Crippen LogP contribution < -0.4 is 5.32 Å². The van der Waals surface area contributed by atoms with Crippen molar-refractivity contribution in [3.63, 3.8) is 0 Å². The van der Waals surface area contributed by atoms with Crippen molar-refractivity contribution < 1.29 is 4.79 Å². The Kier molecular flexibility index (Phi) is 5.63. The minimum absolute atomic E-state index is 0.105. The van der Waals surface area contributed by atoms with E-state index < -0.39 is 0 Å². The van der Waals surface area contributed by atoms with Gasteiger partial charge in [0.25, 0.3) is 5.91 Å². The van der Waals surface area contributed by atoms with E-state index in [2.05, 4.69) is 47.2 Å². The van der Waals surface area contributed by atoms with Crippen LogP contribution in [0.5, 0.6) is 0 Å². The predicted octanol–water partition coefficient (Wildman–Crippen LogP) is 3.55. The second kappa shape index (κ2) is 7.90. The van der Waals surface area contributed by atoms with E-state index in [1.165, 1.54) is 28.9 Å². The number of aromatic nitrogens is 1. The standard InChI is InChI=1S/C19H25N3OS/c1-14-7-15(2)10-22(9-14)11-17-6-4-3-5-16(17)8-20-19(23)18-12-24-13-21-18/h3-6,12-15H,7-11H2,1-2H3,(H,20,23). The second-order valence-electron chi connectivity index (χ2n) is 6.97. The largest absolute Gasteiger partial charge is 0.347 e. The molecule has 1 aromatic carbocycles. The van der Waals surface area contributed by atoms with Crippen molar-refractivity contribution in [1.82, 2.24) is 15.2 Å². The molecule has 1 aliphatic rings. The summed E-state index contributed by atoms with van der Waals surface area (Å²) in [5.74, 6) is 1.40. The van der Waals surface area contributed by atoms with Crippen LogP contribution in [0.4, 0.5) is 0 Å². The average molecular weight is 343 g/mol. The summed E-state index contributed by atoms with van der Waals surface area (Å²) in [7, 11) is 0. The van der Waals surface area contributed by atoms with E-state index in [0.717, 1.165) is 31.5 Å². The number of thiazole rings is 1. The number of likely N-dealkylation sites (tertiary alicyclic amines) is 1. The van der Waals surface area contributed by atoms with Crippen molar-refractivity contribution in [2.45, 2.75) is 33.4 Å². The van der Waals surface area contributed by atoms with Gasteiger partial charge in [-0.3, -0.25) is 9.69 Å². The van der Waals surface area contributed by atoms with E-state index in [9.17, 15) is 4.79 Å². The van der Waals surface area contributed by atoms with Crippen LogP contribution in [0.25, 0.3) is 0 Å². The van der Waals surface area contributed by atoms with Crippen molar-refractivity contribution in [1.29, 1.82) is 0 Å². The van der Waals surface area contributed by atoms with Gasteiger partial charge >= 0.3 is 0 Å². The lowest BCUT2D eigenvalue weighted by Crippen LogP contribution is -2.38. The van der Waals surface area contributed by atoms with Gasteiger partial charge in [0.2, 0.25) is 0 Å². The zero-order valence-corrected chi connectivity index (χ0v) is 15.2. The number of carbonyl (C=O) groups is 1. The monoisotopic (exact) mass is 343 g/mol. The molecule has 1 saturated heterocycles. The molecule has 4 nitrogen and oxygen atoms in total. The zero-order chi connectivity index (χ0) is 16.9. The fourth-order valence-electron chi connectivity index (χ4n) is 3.64. The molecule has 128 valence electrons. The molecule has 0 spiro atoms. The summed E-state index contributed by atoms with van der Waals surface area (Å²) in [5.41, 5.74) is 4.67. The number of piperidine rings is 1. The molecule has 3 rings (SSSR count). The predicted molar refractivity (Wildman–Crippen MR) is 97.9 cm³/mol. The third-order valence-corrected chi connectivity index (χ3v) is 5.15. The lowest BCUT2D eigenvalue weighted by Gasteiger charge is -2.35. The summed E-state index contributed by atoms with van der Waals surface area (Å²) in [6, 6.07) is 8.40. The molecule has 5 heteroatoms. The molecule has 0 aliphatic carbocycles. The van der Waals surface area contributed by atoms with E-state index in [4.69, 9.17) is 0 Å². The Balaban J connectivity index is 1.63. The molecule has 24 heavy (non-hydrogen) atoms. The maximum Gasteiger partial charge on any atom is 0.271 e. The Bertz CT molecular complexity index is 661. The smallest absolute Gasteiger partial charge is 0.271 e. The van der Waals surface area contributed by atoms with E-state index in [-0.39, 0.29) is 5.91 Å². The van der Waals surface area contributed by atoms with Gasteiger partial charge in [0.05, 0.1) is 5.51 Å². The molecule has 2 heterocycles. The van der Waals surface area contributed by atoms with E-state index >= 15 is 0 Å². The van der Waals surface area contributed by atoms with Gasteiger partial charge in [-0.1, -0.05) is 38.1 Å². The Morgan fingerprint density at radius 2 is 1.96 bits per heavy atom. The van der Waals surface area contributed by atoms with Gasteiger partial charge in [0, 0.05) is 31.6 Å². The summed E-state index contributed by atoms with van der Waals surface area (Å²) in [6.45, 7) is 8.49. The van der Waals surface area contributed by atoms with Crippen LogP contribution in [-0.4, -0.2) is 28.9 Å². The average Bonchev–Trinajstić information content (AvgIpc) is 3.07. The fourth-order valence-corrected chi connectivity index (χ4v) is 4.17. The van der Waals surface area contributed by atoms with Crippen LogP contribution in [0.1, 0.15) is 41.9 Å². The van der Waals surface area contributed by atoms with Crippen LogP contribution in [-0.2, 0) is 13.1 Å². The van der Waals surface area contributed by atoms with Crippen molar-refractivity contribution >= 4 is 17.2 Å². The normalized spacial score (nSPS) is 21.6. The van der Waals surface area contributed by atoms with Gasteiger partial charge in [-0.15, -0.1) is 11.3 Å². The first-order valence-electron chi connectivity index (χ1n) is 8.57. The van der Waals surface area contributed by atoms with Crippen molar-refractivity contribution in [3.8, 4) is 0 Å². The lowest BCUT2D eigenvalue weighted by molar-refractivity contribution is 0.0946. The number of carbonyl (C=O) groups excluding carboxylic acids is 1. The molecule has 1 aromatic heterocycles. The topological polar surface area (TPSA) is 45.2 Å². The number of nitrogens with zero attached hydrogens (tertiary/aromatic N) is 2. The quantitative estimate of drug-likeness (QED) is 0.903. The molecular formula is C19H25N3OS. The molecule has 2 aromatic rings. The molecule has 2 atom stereocenters. The number of hydrogen-bond donors (Lipinski definition) is 1. The Morgan fingerprint density at radius 3 is 2.62 bits per heavy atom. The molecule has 1 amide bonds. The zero-order valence-electron chi connectivity index (χ0n) is 14.4. The number of amides is 1. The van der Waals surface area contributed by atoms with Crippen LogP contribution in [0, 0.1) is 11.8 Å². The first-order valence-corrected chi connectivity index (χ1v) is 9.51. The van der Waals surface area contributed by atoms with Crippen LogP contribution >= 0.6 is 11.3 Å². The van der Waals surface area contributed by atoms with Gasteiger partial charge in [0.1, 0.15) is 5.69 Å². The highest BCUT2D eigenvalue weighted by Crippen LogP contribution is 2.23. The maximum absolute atomic E-state index is 12.1. The van der Waals surface area contributed by atoms with Crippen LogP contribution in [0.3, 0.4) is 0 Å². The molecular weight excluding hydrogens is 318 g/mol. The minimum Gasteiger partial charge on any atom is -0.347 e. The summed E-state index contributed by atoms with van der Waals surface area (Å²) in [4.78, 5) is 18.7. The number of benzene rings is 1. The highest BCUT2D eigenvalue weighted by Gasteiger charge is 2.22. The lowest BCUT2D eigenvalue weighted by atomic mass is 9.91. The van der Waals surface area contributed by atoms with Gasteiger partial charge in [0.15, 0.2) is 0 Å². The highest BCUT2D eigenvalue weighted by molar-refractivity contribution is 7.07. The fraction of sp³-hybridized carbons (Fsp3) is 0.474. The summed E-state index contributed by atoms with van der Waals surface area (Å²) >= 11 is 1.44. The Labute approximate surface area is 147 Å². The third kappa shape index (κ3) is 4.42. The number of nitrogens with one attached hydrogen (secondary N) is 1. The Hall–Kier alpha value is -1.72. The van der Waals surface area contributed by atoms with Gasteiger partial charge in [-0.2, -0.15) is 0 Å². The molecule has 1 fully saturated rings. The molecule has 0 bridgehead atoms. The van der Waals surface area contributed by atoms with E-state index in [1.807, 2.05) is 6.07 Å². The summed E-state index contributed by atoms with van der Waals surface area (Å²) < 4.78 is 0. The second-order valence-corrected chi connectivity index (χ2v) is 7.68. The minimum atomic E-state index is -0.105. The van der Waals surface area contributed by atoms with Crippen molar-refractivity contribution in [2.24, 2.45) is 11.8 Å².